The van der Waals surface area contributed by atoms with E-state index in [2.05, 4.69) is 20.6 Å². The van der Waals surface area contributed by atoms with E-state index in [0.29, 0.717) is 13.0 Å². The quantitative estimate of drug-likeness (QED) is 0.787. The van der Waals surface area contributed by atoms with Gasteiger partial charge >= 0.3 is 0 Å². The van der Waals surface area contributed by atoms with Crippen molar-refractivity contribution in [2.75, 3.05) is 0 Å². The van der Waals surface area contributed by atoms with Crippen molar-refractivity contribution >= 4 is 22.2 Å². The lowest BCUT2D eigenvalue weighted by molar-refractivity contribution is -0.120. The largest absolute Gasteiger partial charge is 0.350 e. The molecule has 74 valence electrons. The first-order valence-electron chi connectivity index (χ1n) is 4.22. The van der Waals surface area contributed by atoms with E-state index < -0.39 is 0 Å². The van der Waals surface area contributed by atoms with Crippen LogP contribution in [0.25, 0.3) is 4.96 Å². The molecular formula is C7H9N5OS. The highest BCUT2D eigenvalue weighted by Gasteiger charge is 2.05. The molecule has 0 aromatic carbocycles. The number of rotatable bonds is 3. The summed E-state index contributed by atoms with van der Waals surface area (Å²) in [6.45, 7) is 2.27. The lowest BCUT2D eigenvalue weighted by Gasteiger charge is -1.97. The third-order valence-corrected chi connectivity index (χ3v) is 2.60. The molecule has 0 atom stereocenters. The van der Waals surface area contributed by atoms with Gasteiger partial charge in [0.25, 0.3) is 0 Å². The lowest BCUT2D eigenvalue weighted by atomic mass is 10.4. The van der Waals surface area contributed by atoms with E-state index in [1.807, 2.05) is 6.92 Å². The van der Waals surface area contributed by atoms with Crippen LogP contribution in [0.2, 0.25) is 0 Å². The minimum Gasteiger partial charge on any atom is -0.350 e. The maximum atomic E-state index is 11.0. The Morgan fingerprint density at radius 1 is 1.71 bits per heavy atom. The molecule has 6 nitrogen and oxygen atoms in total. The molecule has 0 fully saturated rings. The van der Waals surface area contributed by atoms with Crippen molar-refractivity contribution in [1.29, 1.82) is 0 Å². The van der Waals surface area contributed by atoms with Crippen LogP contribution in [0.1, 0.15) is 18.4 Å². The highest BCUT2D eigenvalue weighted by Crippen LogP contribution is 2.10. The fourth-order valence-corrected chi connectivity index (χ4v) is 1.73. The summed E-state index contributed by atoms with van der Waals surface area (Å²) in [4.78, 5) is 11.7. The van der Waals surface area contributed by atoms with Gasteiger partial charge in [-0.2, -0.15) is 9.61 Å². The zero-order valence-corrected chi connectivity index (χ0v) is 8.41. The third-order valence-electron chi connectivity index (χ3n) is 1.69. The molecule has 0 radical (unpaired) electrons. The third kappa shape index (κ3) is 1.72. The van der Waals surface area contributed by atoms with Crippen LogP contribution >= 0.6 is 11.3 Å². The van der Waals surface area contributed by atoms with Crippen molar-refractivity contribution in [3.63, 3.8) is 0 Å². The van der Waals surface area contributed by atoms with Gasteiger partial charge < -0.3 is 5.32 Å². The Balaban J connectivity index is 2.05. The summed E-state index contributed by atoms with van der Waals surface area (Å²) in [6, 6.07) is 0. The smallest absolute Gasteiger partial charge is 0.234 e. The van der Waals surface area contributed by atoms with Crippen molar-refractivity contribution < 1.29 is 4.79 Å². The van der Waals surface area contributed by atoms with E-state index in [0.717, 1.165) is 9.97 Å². The molecule has 2 rings (SSSR count). The van der Waals surface area contributed by atoms with Crippen LogP contribution in [-0.4, -0.2) is 25.7 Å². The maximum Gasteiger partial charge on any atom is 0.234 e. The summed E-state index contributed by atoms with van der Waals surface area (Å²) < 4.78 is 1.60. The van der Waals surface area contributed by atoms with E-state index in [9.17, 15) is 4.79 Å². The monoisotopic (exact) mass is 211 g/mol. The second-order valence-corrected chi connectivity index (χ2v) is 3.72. The number of carbonyl (C=O) groups is 1. The molecule has 0 unspecified atom stereocenters. The Kier molecular flexibility index (Phi) is 2.40. The van der Waals surface area contributed by atoms with Gasteiger partial charge in [0, 0.05) is 6.42 Å². The fourth-order valence-electron chi connectivity index (χ4n) is 0.972. The first-order chi connectivity index (χ1) is 6.79. The predicted molar refractivity (Wildman–Crippen MR) is 50.8 cm³/mol. The summed E-state index contributed by atoms with van der Waals surface area (Å²) >= 11 is 1.42. The summed E-state index contributed by atoms with van der Waals surface area (Å²) in [5, 5.41) is 15.3. The lowest BCUT2D eigenvalue weighted by Crippen LogP contribution is -2.21. The van der Waals surface area contributed by atoms with Gasteiger partial charge in [0.1, 0.15) is 11.3 Å². The molecule has 2 aromatic heterocycles. The molecule has 1 N–H and O–H groups in total. The van der Waals surface area contributed by atoms with Crippen LogP contribution in [0.3, 0.4) is 0 Å². The van der Waals surface area contributed by atoms with E-state index in [-0.39, 0.29) is 5.91 Å². The molecule has 0 saturated carbocycles. The van der Waals surface area contributed by atoms with Gasteiger partial charge in [-0.1, -0.05) is 18.3 Å². The van der Waals surface area contributed by atoms with Gasteiger partial charge in [0.05, 0.1) is 6.54 Å². The molecular weight excluding hydrogens is 202 g/mol. The summed E-state index contributed by atoms with van der Waals surface area (Å²) in [5.74, 6) is 0.0240. The minimum atomic E-state index is 0.0240. The topological polar surface area (TPSA) is 72.2 Å². The molecule has 0 aliphatic heterocycles. The van der Waals surface area contributed by atoms with Crippen molar-refractivity contribution in [2.24, 2.45) is 0 Å². The van der Waals surface area contributed by atoms with Crippen molar-refractivity contribution in [3.05, 3.63) is 11.3 Å². The molecule has 0 spiro atoms. The van der Waals surface area contributed by atoms with Gasteiger partial charge in [0.15, 0.2) is 0 Å². The first kappa shape index (κ1) is 9.07. The predicted octanol–water partition coefficient (Wildman–Crippen LogP) is 0.212. The molecule has 0 bridgehead atoms. The van der Waals surface area contributed by atoms with E-state index in [1.165, 1.54) is 17.7 Å². The Bertz CT molecular complexity index is 419. The number of amides is 1. The number of hydrogen-bond donors (Lipinski definition) is 1. The number of nitrogens with zero attached hydrogens (tertiary/aromatic N) is 4. The molecule has 0 aliphatic rings. The fraction of sp³-hybridized carbons (Fsp3) is 0.429. The van der Waals surface area contributed by atoms with Gasteiger partial charge in [0.2, 0.25) is 10.9 Å². The van der Waals surface area contributed by atoms with Gasteiger partial charge in [-0.25, -0.2) is 0 Å². The standard InChI is InChI=1S/C7H9N5OS/c1-2-5(13)8-3-6-11-12-4-9-10-7(12)14-6/h4H,2-3H2,1H3,(H,8,13). The molecule has 7 heteroatoms. The number of aromatic nitrogens is 4. The molecule has 2 heterocycles. The van der Waals surface area contributed by atoms with E-state index in [1.54, 1.807) is 4.52 Å². The highest BCUT2D eigenvalue weighted by molar-refractivity contribution is 7.16. The second-order valence-electron chi connectivity index (χ2n) is 2.68. The van der Waals surface area contributed by atoms with Crippen molar-refractivity contribution in [2.45, 2.75) is 19.9 Å². The molecule has 0 aliphatic carbocycles. The average molecular weight is 211 g/mol. The van der Waals surface area contributed by atoms with E-state index >= 15 is 0 Å². The molecule has 1 amide bonds. The highest BCUT2D eigenvalue weighted by atomic mass is 32.1. The number of carbonyl (C=O) groups excluding carboxylic acids is 1. The van der Waals surface area contributed by atoms with Crippen molar-refractivity contribution in [3.8, 4) is 0 Å². The number of nitrogens with one attached hydrogen (secondary N) is 1. The van der Waals surface area contributed by atoms with E-state index in [4.69, 9.17) is 0 Å². The Labute approximate surface area is 84.0 Å². The minimum absolute atomic E-state index is 0.0240. The SMILES string of the molecule is CCC(=O)NCc1nn2cnnc2s1. The van der Waals surface area contributed by atoms with Gasteiger partial charge in [-0.3, -0.25) is 4.79 Å². The zero-order valence-electron chi connectivity index (χ0n) is 7.60. The Morgan fingerprint density at radius 3 is 3.29 bits per heavy atom. The van der Waals surface area contributed by atoms with Gasteiger partial charge in [-0.15, -0.1) is 10.2 Å². The summed E-state index contributed by atoms with van der Waals surface area (Å²) in [6.07, 6.45) is 2.03. The molecule has 14 heavy (non-hydrogen) atoms. The van der Waals surface area contributed by atoms with Gasteiger partial charge in [-0.05, 0) is 0 Å². The average Bonchev–Trinajstić information content (AvgIpc) is 2.73. The van der Waals surface area contributed by atoms with Crippen LogP contribution in [0.4, 0.5) is 0 Å². The number of hydrogen-bond acceptors (Lipinski definition) is 5. The molecule has 0 saturated heterocycles. The zero-order chi connectivity index (χ0) is 9.97. The van der Waals surface area contributed by atoms with Crippen LogP contribution < -0.4 is 5.32 Å². The van der Waals surface area contributed by atoms with Crippen LogP contribution in [0, 0.1) is 0 Å². The molecule has 2 aromatic rings. The maximum absolute atomic E-state index is 11.0. The number of fused-ring (bicyclic) bond motifs is 1. The first-order valence-corrected chi connectivity index (χ1v) is 5.03. The summed E-state index contributed by atoms with van der Waals surface area (Å²) in [7, 11) is 0. The van der Waals surface area contributed by atoms with Crippen LogP contribution in [-0.2, 0) is 11.3 Å². The summed E-state index contributed by atoms with van der Waals surface area (Å²) in [5.41, 5.74) is 0. The second kappa shape index (κ2) is 3.70. The normalized spacial score (nSPS) is 10.6. The Morgan fingerprint density at radius 2 is 2.57 bits per heavy atom. The Hall–Kier alpha value is -1.50. The van der Waals surface area contributed by atoms with Crippen molar-refractivity contribution in [1.82, 2.24) is 25.1 Å². The van der Waals surface area contributed by atoms with Crippen LogP contribution in [0.15, 0.2) is 6.33 Å². The van der Waals surface area contributed by atoms with Crippen LogP contribution in [0.5, 0.6) is 0 Å².